The van der Waals surface area contributed by atoms with Gasteiger partial charge in [0.25, 0.3) is 5.91 Å². The van der Waals surface area contributed by atoms with Gasteiger partial charge in [-0.1, -0.05) is 6.07 Å². The third-order valence-corrected chi connectivity index (χ3v) is 5.41. The minimum absolute atomic E-state index is 0.0469. The molecule has 0 unspecified atom stereocenters. The maximum atomic E-state index is 13.5. The second-order valence-electron chi connectivity index (χ2n) is 7.03. The van der Waals surface area contributed by atoms with Crippen molar-refractivity contribution in [3.8, 4) is 0 Å². The maximum absolute atomic E-state index is 13.5. The van der Waals surface area contributed by atoms with Crippen LogP contribution in [-0.4, -0.2) is 29.9 Å². The number of furan rings is 1. The number of carbonyl (C=O) groups is 1. The Morgan fingerprint density at radius 2 is 2.04 bits per heavy atom. The number of rotatable bonds is 3. The van der Waals surface area contributed by atoms with E-state index in [4.69, 9.17) is 4.42 Å². The molecule has 4 nitrogen and oxygen atoms in total. The van der Waals surface area contributed by atoms with Crippen molar-refractivity contribution >= 4 is 5.91 Å². The van der Waals surface area contributed by atoms with E-state index in [1.165, 1.54) is 18.1 Å². The summed E-state index contributed by atoms with van der Waals surface area (Å²) in [7, 11) is 0. The predicted octanol–water partition coefficient (Wildman–Crippen LogP) is 3.69. The molecule has 4 rings (SSSR count). The van der Waals surface area contributed by atoms with Gasteiger partial charge in [0.15, 0.2) is 0 Å². The fourth-order valence-electron chi connectivity index (χ4n) is 4.06. The molecule has 0 saturated carbocycles. The van der Waals surface area contributed by atoms with Crippen LogP contribution in [0.3, 0.4) is 0 Å². The standard InChI is InChI=1S/C20H23FN2O2/c21-16-4-5-18-14(12-16)2-1-3-19(18)22-17-6-9-23(10-7-17)20(24)15-8-11-25-13-15/h4-5,8,11-13,17,19,22H,1-3,6-7,9-10H2/t19-/m0/s1. The third-order valence-electron chi connectivity index (χ3n) is 5.41. The number of hydrogen-bond acceptors (Lipinski definition) is 3. The molecule has 1 atom stereocenters. The van der Waals surface area contributed by atoms with Crippen LogP contribution in [0.15, 0.2) is 41.2 Å². The Kier molecular flexibility index (Phi) is 4.57. The van der Waals surface area contributed by atoms with Gasteiger partial charge in [-0.3, -0.25) is 4.79 Å². The van der Waals surface area contributed by atoms with E-state index in [0.717, 1.165) is 50.8 Å². The molecule has 2 heterocycles. The zero-order chi connectivity index (χ0) is 17.2. The lowest BCUT2D eigenvalue weighted by atomic mass is 9.86. The number of amides is 1. The van der Waals surface area contributed by atoms with Crippen molar-refractivity contribution < 1.29 is 13.6 Å². The lowest BCUT2D eigenvalue weighted by molar-refractivity contribution is 0.0700. The highest BCUT2D eigenvalue weighted by Gasteiger charge is 2.27. The van der Waals surface area contributed by atoms with E-state index in [0.29, 0.717) is 17.6 Å². The Morgan fingerprint density at radius 3 is 2.80 bits per heavy atom. The van der Waals surface area contributed by atoms with Crippen LogP contribution in [0.2, 0.25) is 0 Å². The normalized spacial score (nSPS) is 21.2. The molecule has 2 aliphatic rings. The molecule has 1 aliphatic carbocycles. The molecular formula is C20H23FN2O2. The van der Waals surface area contributed by atoms with E-state index in [2.05, 4.69) is 5.32 Å². The summed E-state index contributed by atoms with van der Waals surface area (Å²) in [6, 6.07) is 7.57. The number of aryl methyl sites for hydroxylation is 1. The summed E-state index contributed by atoms with van der Waals surface area (Å²) in [5.41, 5.74) is 3.00. The Morgan fingerprint density at radius 1 is 1.20 bits per heavy atom. The van der Waals surface area contributed by atoms with Crippen molar-refractivity contribution in [3.63, 3.8) is 0 Å². The predicted molar refractivity (Wildman–Crippen MR) is 92.8 cm³/mol. The highest BCUT2D eigenvalue weighted by atomic mass is 19.1. The van der Waals surface area contributed by atoms with Crippen molar-refractivity contribution in [3.05, 3.63) is 59.3 Å². The Hall–Kier alpha value is -2.14. The fraction of sp³-hybridized carbons (Fsp3) is 0.450. The zero-order valence-corrected chi connectivity index (χ0v) is 14.2. The number of likely N-dealkylation sites (tertiary alicyclic amines) is 1. The van der Waals surface area contributed by atoms with Gasteiger partial charge in [0.05, 0.1) is 11.8 Å². The van der Waals surface area contributed by atoms with Crippen LogP contribution in [0, 0.1) is 5.82 Å². The quantitative estimate of drug-likeness (QED) is 0.925. The van der Waals surface area contributed by atoms with Crippen LogP contribution in [0.4, 0.5) is 4.39 Å². The number of benzene rings is 1. The van der Waals surface area contributed by atoms with E-state index in [1.807, 2.05) is 11.0 Å². The Labute approximate surface area is 147 Å². The molecule has 1 N–H and O–H groups in total. The van der Waals surface area contributed by atoms with Gasteiger partial charge in [-0.2, -0.15) is 0 Å². The fourth-order valence-corrected chi connectivity index (χ4v) is 4.06. The third kappa shape index (κ3) is 3.47. The molecule has 25 heavy (non-hydrogen) atoms. The second kappa shape index (κ2) is 7.00. The molecule has 2 aromatic rings. The molecule has 132 valence electrons. The van der Waals surface area contributed by atoms with E-state index in [1.54, 1.807) is 18.2 Å². The molecule has 1 aromatic heterocycles. The first kappa shape index (κ1) is 16.3. The summed E-state index contributed by atoms with van der Waals surface area (Å²) < 4.78 is 18.5. The van der Waals surface area contributed by atoms with Crippen molar-refractivity contribution in [1.82, 2.24) is 10.2 Å². The molecule has 1 aliphatic heterocycles. The van der Waals surface area contributed by atoms with Gasteiger partial charge in [0.1, 0.15) is 12.1 Å². The summed E-state index contributed by atoms with van der Waals surface area (Å²) in [4.78, 5) is 14.3. The van der Waals surface area contributed by atoms with Gasteiger partial charge < -0.3 is 14.6 Å². The molecule has 0 bridgehead atoms. The molecule has 1 amide bonds. The van der Waals surface area contributed by atoms with Crippen molar-refractivity contribution in [1.29, 1.82) is 0 Å². The van der Waals surface area contributed by atoms with E-state index in [9.17, 15) is 9.18 Å². The number of nitrogens with one attached hydrogen (secondary N) is 1. The SMILES string of the molecule is O=C(c1ccoc1)N1CCC(N[C@H]2CCCc3cc(F)ccc32)CC1. The average Bonchev–Trinajstić information content (AvgIpc) is 3.16. The molecule has 1 saturated heterocycles. The highest BCUT2D eigenvalue weighted by molar-refractivity contribution is 5.93. The van der Waals surface area contributed by atoms with Gasteiger partial charge in [-0.05, 0) is 61.4 Å². The van der Waals surface area contributed by atoms with Crippen molar-refractivity contribution in [2.24, 2.45) is 0 Å². The minimum Gasteiger partial charge on any atom is -0.472 e. The summed E-state index contributed by atoms with van der Waals surface area (Å²) in [6.45, 7) is 1.51. The number of fused-ring (bicyclic) bond motifs is 1. The van der Waals surface area contributed by atoms with E-state index >= 15 is 0 Å². The van der Waals surface area contributed by atoms with Crippen LogP contribution in [0.25, 0.3) is 0 Å². The highest BCUT2D eigenvalue weighted by Crippen LogP contribution is 2.31. The maximum Gasteiger partial charge on any atom is 0.257 e. The van der Waals surface area contributed by atoms with Gasteiger partial charge in [0.2, 0.25) is 0 Å². The number of piperidine rings is 1. The second-order valence-corrected chi connectivity index (χ2v) is 7.03. The first-order valence-corrected chi connectivity index (χ1v) is 9.06. The molecule has 1 aromatic carbocycles. The lowest BCUT2D eigenvalue weighted by Gasteiger charge is -2.36. The Balaban J connectivity index is 1.36. The summed E-state index contributed by atoms with van der Waals surface area (Å²) in [5, 5.41) is 3.75. The molecule has 1 fully saturated rings. The zero-order valence-electron chi connectivity index (χ0n) is 14.2. The van der Waals surface area contributed by atoms with E-state index in [-0.39, 0.29) is 11.7 Å². The number of halogens is 1. The van der Waals surface area contributed by atoms with E-state index < -0.39 is 0 Å². The number of hydrogen-bond donors (Lipinski definition) is 1. The van der Waals surface area contributed by atoms with Crippen LogP contribution >= 0.6 is 0 Å². The van der Waals surface area contributed by atoms with Gasteiger partial charge in [-0.25, -0.2) is 4.39 Å². The van der Waals surface area contributed by atoms with Gasteiger partial charge in [-0.15, -0.1) is 0 Å². The topological polar surface area (TPSA) is 45.5 Å². The molecule has 0 spiro atoms. The number of carbonyl (C=O) groups excluding carboxylic acids is 1. The lowest BCUT2D eigenvalue weighted by Crippen LogP contribution is -2.46. The van der Waals surface area contributed by atoms with Crippen molar-refractivity contribution in [2.45, 2.75) is 44.2 Å². The minimum atomic E-state index is -0.148. The first-order valence-electron chi connectivity index (χ1n) is 9.06. The van der Waals surface area contributed by atoms with Crippen LogP contribution in [-0.2, 0) is 6.42 Å². The molecule has 0 radical (unpaired) electrons. The van der Waals surface area contributed by atoms with Gasteiger partial charge >= 0.3 is 0 Å². The molecular weight excluding hydrogens is 319 g/mol. The van der Waals surface area contributed by atoms with Crippen molar-refractivity contribution in [2.75, 3.05) is 13.1 Å². The van der Waals surface area contributed by atoms with Gasteiger partial charge in [0, 0.05) is 25.2 Å². The van der Waals surface area contributed by atoms with Crippen LogP contribution in [0.1, 0.15) is 53.2 Å². The summed E-state index contributed by atoms with van der Waals surface area (Å²) in [6.07, 6.45) is 8.06. The van der Waals surface area contributed by atoms with Crippen LogP contribution < -0.4 is 5.32 Å². The number of nitrogens with zero attached hydrogens (tertiary/aromatic N) is 1. The van der Waals surface area contributed by atoms with Crippen LogP contribution in [0.5, 0.6) is 0 Å². The summed E-state index contributed by atoms with van der Waals surface area (Å²) >= 11 is 0. The smallest absolute Gasteiger partial charge is 0.257 e. The Bertz CT molecular complexity index is 736. The largest absolute Gasteiger partial charge is 0.472 e. The molecule has 5 heteroatoms. The monoisotopic (exact) mass is 342 g/mol. The summed E-state index contributed by atoms with van der Waals surface area (Å²) in [5.74, 6) is -0.101. The average molecular weight is 342 g/mol. The first-order chi connectivity index (χ1) is 12.2.